The summed E-state index contributed by atoms with van der Waals surface area (Å²) in [6, 6.07) is 13.9. The van der Waals surface area contributed by atoms with E-state index >= 15 is 0 Å². The summed E-state index contributed by atoms with van der Waals surface area (Å²) in [7, 11) is 0. The first-order chi connectivity index (χ1) is 9.75. The standard InChI is InChI=1S/C16H15NO3/c18-15(19)9-4-10-20-14-8-3-7-13-16(14)11-5-1-2-6-12(11)17-13/h1-3,5-8,17H,4,9-10H2,(H,18,19). The second-order valence-electron chi connectivity index (χ2n) is 4.70. The number of H-pyrrole nitrogens is 1. The Bertz CT molecular complexity index is 761. The van der Waals surface area contributed by atoms with Crippen molar-refractivity contribution in [1.29, 1.82) is 0 Å². The summed E-state index contributed by atoms with van der Waals surface area (Å²) in [6.45, 7) is 0.408. The molecule has 4 nitrogen and oxygen atoms in total. The number of carbonyl (C=O) groups is 1. The Balaban J connectivity index is 1.92. The van der Waals surface area contributed by atoms with Gasteiger partial charge in [-0.1, -0.05) is 24.3 Å². The minimum Gasteiger partial charge on any atom is -0.493 e. The van der Waals surface area contributed by atoms with Gasteiger partial charge in [0.05, 0.1) is 12.1 Å². The number of aromatic amines is 1. The first-order valence-electron chi connectivity index (χ1n) is 6.60. The van der Waals surface area contributed by atoms with E-state index < -0.39 is 5.97 Å². The van der Waals surface area contributed by atoms with E-state index in [2.05, 4.69) is 11.1 Å². The van der Waals surface area contributed by atoms with Gasteiger partial charge in [0.25, 0.3) is 0 Å². The van der Waals surface area contributed by atoms with Crippen LogP contribution >= 0.6 is 0 Å². The molecule has 0 aliphatic heterocycles. The van der Waals surface area contributed by atoms with Gasteiger partial charge >= 0.3 is 5.97 Å². The van der Waals surface area contributed by atoms with Gasteiger partial charge in [-0.3, -0.25) is 4.79 Å². The van der Waals surface area contributed by atoms with Gasteiger partial charge in [-0.05, 0) is 24.6 Å². The number of carboxylic acid groups (broad SMARTS) is 1. The number of para-hydroxylation sites is 1. The second kappa shape index (κ2) is 5.25. The Labute approximate surface area is 116 Å². The molecule has 2 aromatic carbocycles. The van der Waals surface area contributed by atoms with Crippen LogP contribution in [0.1, 0.15) is 12.8 Å². The van der Waals surface area contributed by atoms with Gasteiger partial charge in [-0.25, -0.2) is 0 Å². The van der Waals surface area contributed by atoms with Crippen molar-refractivity contribution in [3.05, 3.63) is 42.5 Å². The molecule has 1 aromatic heterocycles. The third kappa shape index (κ3) is 2.32. The minimum atomic E-state index is -0.793. The summed E-state index contributed by atoms with van der Waals surface area (Å²) in [5.41, 5.74) is 2.10. The Kier molecular flexibility index (Phi) is 3.29. The van der Waals surface area contributed by atoms with Crippen LogP contribution in [0.25, 0.3) is 21.8 Å². The Morgan fingerprint density at radius 1 is 1.10 bits per heavy atom. The number of aromatic nitrogens is 1. The van der Waals surface area contributed by atoms with E-state index in [0.29, 0.717) is 13.0 Å². The quantitative estimate of drug-likeness (QED) is 0.696. The van der Waals surface area contributed by atoms with Gasteiger partial charge in [-0.2, -0.15) is 0 Å². The molecular formula is C16H15NO3. The normalized spacial score (nSPS) is 11.0. The Hall–Kier alpha value is -2.49. The van der Waals surface area contributed by atoms with E-state index in [9.17, 15) is 4.79 Å². The molecule has 0 aliphatic rings. The zero-order chi connectivity index (χ0) is 13.9. The third-order valence-corrected chi connectivity index (χ3v) is 3.28. The van der Waals surface area contributed by atoms with E-state index in [0.717, 1.165) is 27.6 Å². The number of rotatable bonds is 5. The van der Waals surface area contributed by atoms with Crippen molar-refractivity contribution in [2.75, 3.05) is 6.61 Å². The predicted octanol–water partition coefficient (Wildman–Crippen LogP) is 3.56. The van der Waals surface area contributed by atoms with Crippen LogP contribution in [0.3, 0.4) is 0 Å². The number of aliphatic carboxylic acids is 1. The van der Waals surface area contributed by atoms with Crippen molar-refractivity contribution in [2.24, 2.45) is 0 Å². The fourth-order valence-corrected chi connectivity index (χ4v) is 2.39. The van der Waals surface area contributed by atoms with Gasteiger partial charge < -0.3 is 14.8 Å². The summed E-state index contributed by atoms with van der Waals surface area (Å²) >= 11 is 0. The van der Waals surface area contributed by atoms with Crippen LogP contribution in [-0.2, 0) is 4.79 Å². The molecule has 0 fully saturated rings. The zero-order valence-corrected chi connectivity index (χ0v) is 10.9. The Morgan fingerprint density at radius 2 is 1.90 bits per heavy atom. The molecule has 0 amide bonds. The molecule has 0 atom stereocenters. The van der Waals surface area contributed by atoms with Crippen molar-refractivity contribution >= 4 is 27.8 Å². The van der Waals surface area contributed by atoms with Crippen molar-refractivity contribution in [3.8, 4) is 5.75 Å². The minimum absolute atomic E-state index is 0.129. The monoisotopic (exact) mass is 269 g/mol. The highest BCUT2D eigenvalue weighted by Gasteiger charge is 2.09. The molecule has 3 aromatic rings. The molecule has 0 unspecified atom stereocenters. The molecule has 3 rings (SSSR count). The number of fused-ring (bicyclic) bond motifs is 3. The predicted molar refractivity (Wildman–Crippen MR) is 78.2 cm³/mol. The largest absolute Gasteiger partial charge is 0.493 e. The van der Waals surface area contributed by atoms with Crippen molar-refractivity contribution in [3.63, 3.8) is 0 Å². The number of carboxylic acids is 1. The van der Waals surface area contributed by atoms with Gasteiger partial charge in [-0.15, -0.1) is 0 Å². The van der Waals surface area contributed by atoms with Crippen LogP contribution in [0, 0.1) is 0 Å². The lowest BCUT2D eigenvalue weighted by Crippen LogP contribution is -2.02. The van der Waals surface area contributed by atoms with Gasteiger partial charge in [0.2, 0.25) is 0 Å². The third-order valence-electron chi connectivity index (χ3n) is 3.28. The maximum absolute atomic E-state index is 10.5. The molecule has 4 heteroatoms. The van der Waals surface area contributed by atoms with Crippen molar-refractivity contribution < 1.29 is 14.6 Å². The van der Waals surface area contributed by atoms with E-state index in [-0.39, 0.29) is 6.42 Å². The molecule has 1 heterocycles. The van der Waals surface area contributed by atoms with Crippen LogP contribution in [-0.4, -0.2) is 22.7 Å². The lowest BCUT2D eigenvalue weighted by atomic mass is 10.1. The molecule has 102 valence electrons. The van der Waals surface area contributed by atoms with Gasteiger partial charge in [0.15, 0.2) is 0 Å². The van der Waals surface area contributed by atoms with Crippen molar-refractivity contribution in [2.45, 2.75) is 12.8 Å². The van der Waals surface area contributed by atoms with E-state index in [1.54, 1.807) is 0 Å². The second-order valence-corrected chi connectivity index (χ2v) is 4.70. The lowest BCUT2D eigenvalue weighted by Gasteiger charge is -2.07. The molecule has 0 spiro atoms. The fraction of sp³-hybridized carbons (Fsp3) is 0.188. The molecule has 0 aliphatic carbocycles. The highest BCUT2D eigenvalue weighted by Crippen LogP contribution is 2.32. The van der Waals surface area contributed by atoms with E-state index in [1.165, 1.54) is 0 Å². The number of hydrogen-bond donors (Lipinski definition) is 2. The maximum atomic E-state index is 10.5. The summed E-state index contributed by atoms with van der Waals surface area (Å²) in [4.78, 5) is 13.8. The molecule has 2 N–H and O–H groups in total. The summed E-state index contributed by atoms with van der Waals surface area (Å²) in [6.07, 6.45) is 0.637. The summed E-state index contributed by atoms with van der Waals surface area (Å²) < 4.78 is 5.75. The van der Waals surface area contributed by atoms with Crippen LogP contribution in [0.15, 0.2) is 42.5 Å². The van der Waals surface area contributed by atoms with Crippen LogP contribution in [0.4, 0.5) is 0 Å². The van der Waals surface area contributed by atoms with E-state index in [4.69, 9.17) is 9.84 Å². The van der Waals surface area contributed by atoms with Crippen molar-refractivity contribution in [1.82, 2.24) is 4.98 Å². The molecule has 0 bridgehead atoms. The highest BCUT2D eigenvalue weighted by atomic mass is 16.5. The molecule has 0 radical (unpaired) electrons. The molecular weight excluding hydrogens is 254 g/mol. The molecule has 20 heavy (non-hydrogen) atoms. The van der Waals surface area contributed by atoms with Gasteiger partial charge in [0, 0.05) is 22.7 Å². The van der Waals surface area contributed by atoms with Crippen LogP contribution < -0.4 is 4.74 Å². The van der Waals surface area contributed by atoms with Crippen LogP contribution in [0.2, 0.25) is 0 Å². The van der Waals surface area contributed by atoms with Crippen LogP contribution in [0.5, 0.6) is 5.75 Å². The molecule has 0 saturated heterocycles. The highest BCUT2D eigenvalue weighted by molar-refractivity contribution is 6.10. The maximum Gasteiger partial charge on any atom is 0.303 e. The summed E-state index contributed by atoms with van der Waals surface area (Å²) in [5, 5.41) is 10.8. The summed E-state index contributed by atoms with van der Waals surface area (Å²) in [5.74, 6) is 0.00393. The number of ether oxygens (including phenoxy) is 1. The molecule has 0 saturated carbocycles. The zero-order valence-electron chi connectivity index (χ0n) is 10.9. The van der Waals surface area contributed by atoms with E-state index in [1.807, 2.05) is 36.4 Å². The average molecular weight is 269 g/mol. The Morgan fingerprint density at radius 3 is 2.75 bits per heavy atom. The smallest absolute Gasteiger partial charge is 0.303 e. The number of benzene rings is 2. The number of hydrogen-bond acceptors (Lipinski definition) is 2. The first kappa shape index (κ1) is 12.5. The first-order valence-corrected chi connectivity index (χ1v) is 6.60. The SMILES string of the molecule is O=C(O)CCCOc1cccc2[nH]c3ccccc3c12. The lowest BCUT2D eigenvalue weighted by molar-refractivity contribution is -0.137. The average Bonchev–Trinajstić information content (AvgIpc) is 2.82. The fourth-order valence-electron chi connectivity index (χ4n) is 2.39. The van der Waals surface area contributed by atoms with Gasteiger partial charge in [0.1, 0.15) is 5.75 Å². The number of nitrogens with one attached hydrogen (secondary N) is 1. The topological polar surface area (TPSA) is 62.3 Å².